The number of rotatable bonds is 43. The molecule has 0 heterocycles. The third-order valence-corrected chi connectivity index (χ3v) is 16.5. The van der Waals surface area contributed by atoms with E-state index in [1.807, 2.05) is 6.92 Å². The average molecular weight is 1720 g/mol. The van der Waals surface area contributed by atoms with Crippen LogP contribution in [0.25, 0.3) is 0 Å². The summed E-state index contributed by atoms with van der Waals surface area (Å²) in [5, 5.41) is 169. The molecule has 0 saturated carbocycles. The molecule has 0 radical (unpaired) electrons. The molecule has 122 heavy (non-hydrogen) atoms. The molecular weight excluding hydrogens is 1600 g/mol. The fraction of sp³-hybridized carbons (Fsp3) is 0.471. The monoisotopic (exact) mass is 1720 g/mol. The maximum atomic E-state index is 10.6. The molecule has 680 valence electrons. The average Bonchev–Trinajstić information content (AvgIpc) is 0.816. The molecule has 16 N–H and O–H groups in total. The summed E-state index contributed by atoms with van der Waals surface area (Å²) >= 11 is 0. The van der Waals surface area contributed by atoms with Gasteiger partial charge in [0.2, 0.25) is 11.5 Å². The number of para-hydroxylation sites is 1. The molecule has 6 aromatic carbocycles. The van der Waals surface area contributed by atoms with Gasteiger partial charge in [0.25, 0.3) is 0 Å². The van der Waals surface area contributed by atoms with Crippen LogP contribution in [0.1, 0.15) is 319 Å². The van der Waals surface area contributed by atoms with Crippen LogP contribution in [-0.2, 0) is 19.2 Å². The van der Waals surface area contributed by atoms with Gasteiger partial charge in [-0.05, 0) is 131 Å². The first-order valence-corrected chi connectivity index (χ1v) is 39.5. The lowest BCUT2D eigenvalue weighted by Gasteiger charge is -2.01. The normalized spacial score (nSPS) is 9.70. The van der Waals surface area contributed by atoms with Crippen LogP contribution in [-0.4, -0.2) is 163 Å². The van der Waals surface area contributed by atoms with Crippen LogP contribution in [0.15, 0.2) is 115 Å². The molecule has 0 amide bonds. The smallest absolute Gasteiger partial charge is 0.339 e. The number of nitrogens with zero attached hydrogens (tertiary/aromatic N) is 3. The highest BCUT2D eigenvalue weighted by atomic mass is 16.6. The summed E-state index contributed by atoms with van der Waals surface area (Å²) in [6, 6.07) is 25.5. The van der Waals surface area contributed by atoms with E-state index in [1.54, 1.807) is 36.4 Å². The first-order valence-electron chi connectivity index (χ1n) is 39.5. The summed E-state index contributed by atoms with van der Waals surface area (Å²) in [6.45, 7) is 11.8. The summed E-state index contributed by atoms with van der Waals surface area (Å²) in [5.74, 6) is -12.2. The van der Waals surface area contributed by atoms with E-state index in [-0.39, 0.29) is 42.2 Å². The van der Waals surface area contributed by atoms with Crippen molar-refractivity contribution in [1.82, 2.24) is 0 Å². The topological polar surface area (TPSA) is 624 Å². The number of nitro benzene ring substituents is 3. The number of aromatic hydroxyl groups is 5. The fourth-order valence-corrected chi connectivity index (χ4v) is 10.1. The number of carboxylic acid groups (broad SMARTS) is 10. The minimum Gasteiger partial charge on any atom is -0.508 e. The molecular formula is C87H125N3O32. The maximum Gasteiger partial charge on any atom is 0.339 e. The number of aryl methyl sites for hydroxylation is 3. The van der Waals surface area contributed by atoms with Gasteiger partial charge in [0.05, 0.1) is 31.5 Å². The Hall–Kier alpha value is -12.8. The lowest BCUT2D eigenvalue weighted by molar-refractivity contribution is -0.386. The number of aromatic carboxylic acids is 6. The molecule has 0 aliphatic heterocycles. The van der Waals surface area contributed by atoms with Gasteiger partial charge in [-0.3, -0.25) is 49.5 Å². The second-order valence-electron chi connectivity index (χ2n) is 27.1. The first-order chi connectivity index (χ1) is 57.1. The molecule has 35 heteroatoms. The molecule has 35 nitrogen and oxygen atoms in total. The van der Waals surface area contributed by atoms with E-state index < -0.39 is 120 Å². The maximum absolute atomic E-state index is 10.6. The van der Waals surface area contributed by atoms with Crippen molar-refractivity contribution in [3.63, 3.8) is 0 Å². The van der Waals surface area contributed by atoms with Gasteiger partial charge in [0, 0.05) is 50.5 Å². The summed E-state index contributed by atoms with van der Waals surface area (Å²) < 4.78 is 0. The highest BCUT2D eigenvalue weighted by Gasteiger charge is 2.23. The Bertz CT molecular complexity index is 3920. The van der Waals surface area contributed by atoms with Crippen LogP contribution in [0.3, 0.4) is 0 Å². The lowest BCUT2D eigenvalue weighted by atomic mass is 10.1. The van der Waals surface area contributed by atoms with Gasteiger partial charge in [0.15, 0.2) is 5.75 Å². The Morgan fingerprint density at radius 1 is 0.287 bits per heavy atom. The van der Waals surface area contributed by atoms with Crippen LogP contribution in [0.5, 0.6) is 28.7 Å². The number of aliphatic carboxylic acids is 4. The molecule has 0 aliphatic rings. The van der Waals surface area contributed by atoms with Gasteiger partial charge in [-0.25, -0.2) is 28.8 Å². The highest BCUT2D eigenvalue weighted by Crippen LogP contribution is 2.33. The Labute approximate surface area is 710 Å². The van der Waals surface area contributed by atoms with Gasteiger partial charge in [-0.2, -0.15) is 0 Å². The quantitative estimate of drug-likeness (QED) is 0.00960. The zero-order valence-corrected chi connectivity index (χ0v) is 69.5. The van der Waals surface area contributed by atoms with Crippen LogP contribution in [0, 0.1) is 51.1 Å². The van der Waals surface area contributed by atoms with Crippen LogP contribution in [0.2, 0.25) is 0 Å². The number of aliphatic hydroxyl groups is 1. The zero-order chi connectivity index (χ0) is 92.8. The molecule has 6 aromatic rings. The van der Waals surface area contributed by atoms with Gasteiger partial charge < -0.3 is 81.7 Å². The molecule has 0 spiro atoms. The number of aliphatic hydroxyl groups excluding tert-OH is 1. The number of unbranched alkanes of at least 4 members (excludes halogenated alkanes) is 25. The first kappa shape index (κ1) is 118. The Kier molecular flexibility index (Phi) is 70.8. The molecule has 0 aromatic heterocycles. The largest absolute Gasteiger partial charge is 0.508 e. The van der Waals surface area contributed by atoms with E-state index in [9.17, 15) is 88.5 Å². The summed E-state index contributed by atoms with van der Waals surface area (Å²) in [4.78, 5) is 131. The van der Waals surface area contributed by atoms with Crippen LogP contribution in [0.4, 0.5) is 17.1 Å². The molecule has 0 saturated heterocycles. The van der Waals surface area contributed by atoms with Crippen LogP contribution < -0.4 is 0 Å². The van der Waals surface area contributed by atoms with Crippen LogP contribution >= 0.6 is 0 Å². The third kappa shape index (κ3) is 64.2. The van der Waals surface area contributed by atoms with Crippen molar-refractivity contribution in [2.45, 2.75) is 261 Å². The SMILES string of the molecule is C.CCCCCCCC(=O)O.CCCCCCCCCCC(=O)O.CCCCCCCCCCCCC(=O)O.Cc1cc(C(=O)O)c(O)c([N+](=O)[O-])c1.Cc1cc(C(=O)O)c(O)c([N+](=O)[O-])c1.Cc1ccc(C(=O)O)cc1.O=C(O)CCCCCCCCO.O=C(O)c1ccc(O)c([N+](=O)[O-])c1.O=C(O)c1cccc(O)c1.O=C(O)c1ccccc1O. The van der Waals surface area contributed by atoms with Crippen molar-refractivity contribution >= 4 is 76.8 Å². The van der Waals surface area contributed by atoms with E-state index in [1.165, 1.54) is 172 Å². The van der Waals surface area contributed by atoms with Crippen molar-refractivity contribution < 1.29 is 144 Å². The predicted molar refractivity (Wildman–Crippen MR) is 457 cm³/mol. The van der Waals surface area contributed by atoms with Crippen molar-refractivity contribution in [3.8, 4) is 28.7 Å². The Morgan fingerprint density at radius 3 is 0.844 bits per heavy atom. The highest BCUT2D eigenvalue weighted by molar-refractivity contribution is 5.94. The summed E-state index contributed by atoms with van der Waals surface area (Å²) in [7, 11) is 0. The van der Waals surface area contributed by atoms with E-state index in [0.29, 0.717) is 42.4 Å². The summed E-state index contributed by atoms with van der Waals surface area (Å²) in [6.07, 6.45) is 35.1. The number of carbonyl (C=O) groups is 10. The minimum atomic E-state index is -1.39. The van der Waals surface area contributed by atoms with Gasteiger partial charge >= 0.3 is 76.8 Å². The number of nitro groups is 3. The Balaban J connectivity index is -0.000000416. The molecule has 0 unspecified atom stereocenters. The second kappa shape index (κ2) is 73.3. The molecule has 6 rings (SSSR count). The molecule has 0 fully saturated rings. The standard InChI is InChI=1S/C13H26O2.C11H22O2.C9H18O3.2C8H7NO5.C8H8O2.C8H16O2.C7H5NO5.2C7H6O3.CH4/c1-2-3-4-5-6-7-8-9-10-11-12-13(14)15;1-2-3-4-5-6-7-8-9-10-11(12)13;10-8-6-4-2-1-3-5-7-9(11)12;2*1-4-2-5(8(11)12)7(10)6(3-4)9(13)14;1-6-2-4-7(5-3-6)8(9)10;1-2-3-4-5-6-7-8(9)10;9-6-2-1-4(7(10)11)3-5(6)8(12)13;8-6-3-1-2-5(4-6)7(9)10;8-6-4-2-1-3-5(6)7(9)10;/h2-12H2,1H3,(H,14,15);2-10H2,1H3,(H,12,13);10H,1-8H2,(H,11,12);2*2-3,10H,1H3,(H,11,12);2-5H,1H3,(H,9,10);2-7H2,1H3,(H,9,10);1-3,9H,(H,10,11);2*1-4,8H,(H,9,10);1H4. The molecule has 0 aliphatic carbocycles. The van der Waals surface area contributed by atoms with Crippen molar-refractivity contribution in [1.29, 1.82) is 0 Å². The van der Waals surface area contributed by atoms with E-state index in [0.717, 1.165) is 113 Å². The second-order valence-corrected chi connectivity index (χ2v) is 27.1. The van der Waals surface area contributed by atoms with E-state index >= 15 is 0 Å². The number of phenols is 5. The fourth-order valence-electron chi connectivity index (χ4n) is 10.1. The van der Waals surface area contributed by atoms with E-state index in [2.05, 4.69) is 20.8 Å². The summed E-state index contributed by atoms with van der Waals surface area (Å²) in [5.41, 5.74) is -0.695. The number of hydrogen-bond acceptors (Lipinski definition) is 22. The van der Waals surface area contributed by atoms with Crippen molar-refractivity contribution in [2.75, 3.05) is 6.61 Å². The van der Waals surface area contributed by atoms with Gasteiger partial charge in [0.1, 0.15) is 28.2 Å². The number of benzene rings is 6. The number of carboxylic acids is 10. The van der Waals surface area contributed by atoms with E-state index in [4.69, 9.17) is 71.5 Å². The lowest BCUT2D eigenvalue weighted by Crippen LogP contribution is -2.00. The van der Waals surface area contributed by atoms with Gasteiger partial charge in [-0.1, -0.05) is 218 Å². The predicted octanol–water partition coefficient (Wildman–Crippen LogP) is 20.3. The van der Waals surface area contributed by atoms with Crippen molar-refractivity contribution in [3.05, 3.63) is 196 Å². The zero-order valence-electron chi connectivity index (χ0n) is 69.5. The third-order valence-electron chi connectivity index (χ3n) is 16.5. The minimum absolute atomic E-state index is 0. The Morgan fingerprint density at radius 2 is 0.582 bits per heavy atom. The van der Waals surface area contributed by atoms with Crippen molar-refractivity contribution in [2.24, 2.45) is 0 Å². The number of hydrogen-bond donors (Lipinski definition) is 16. The number of phenolic OH excluding ortho intramolecular Hbond substituents is 2. The molecule has 0 atom stereocenters. The van der Waals surface area contributed by atoms with Gasteiger partial charge in [-0.15, -0.1) is 0 Å². The molecule has 0 bridgehead atoms.